The summed E-state index contributed by atoms with van der Waals surface area (Å²) >= 11 is 0. The lowest BCUT2D eigenvalue weighted by Gasteiger charge is -2.34. The topological polar surface area (TPSA) is 75.9 Å². The van der Waals surface area contributed by atoms with Gasteiger partial charge in [-0.2, -0.15) is 0 Å². The number of halogens is 3. The van der Waals surface area contributed by atoms with E-state index in [4.69, 9.17) is 9.26 Å². The van der Waals surface area contributed by atoms with Crippen LogP contribution < -0.4 is 4.90 Å². The first kappa shape index (κ1) is 20.2. The summed E-state index contributed by atoms with van der Waals surface area (Å²) in [6.07, 6.45) is -2.55. The number of alkyl halides is 2. The first-order chi connectivity index (χ1) is 14.3. The molecule has 1 aromatic carbocycles. The van der Waals surface area contributed by atoms with Crippen LogP contribution in [0.15, 0.2) is 22.7 Å². The van der Waals surface area contributed by atoms with Crippen LogP contribution in [0.2, 0.25) is 0 Å². The molecule has 0 radical (unpaired) electrons. The number of cyclic esters (lactones) is 1. The molecule has 2 aliphatic rings. The molecule has 3 heterocycles. The van der Waals surface area contributed by atoms with E-state index in [0.29, 0.717) is 42.8 Å². The Hall–Kier alpha value is -3.04. The Balaban J connectivity index is 1.54. The van der Waals surface area contributed by atoms with E-state index < -0.39 is 23.9 Å². The molecule has 4 rings (SSSR count). The standard InChI is InChI=1S/C20H20F3N3O4/c1-11-7-16-14(19(30-24-16)25-5-2-6-29-20(25)28)10-26(11)17(27)9-12-3-4-15(21)13(8-12)18(22)23/h3-4,8,11,18H,2,5-7,9-10H2,1H3/t11-/m0/s1. The molecule has 0 unspecified atom stereocenters. The van der Waals surface area contributed by atoms with Crippen molar-refractivity contribution in [2.24, 2.45) is 0 Å². The maximum Gasteiger partial charge on any atom is 0.416 e. The molecule has 0 bridgehead atoms. The molecule has 160 valence electrons. The Morgan fingerprint density at radius 3 is 2.90 bits per heavy atom. The SMILES string of the molecule is C[C@H]1Cc2noc(N3CCCOC3=O)c2CN1C(=O)Cc1ccc(F)c(C(F)F)c1. The van der Waals surface area contributed by atoms with Crippen molar-refractivity contribution in [3.05, 3.63) is 46.4 Å². The Morgan fingerprint density at radius 1 is 1.37 bits per heavy atom. The minimum absolute atomic E-state index is 0.147. The normalized spacial score (nSPS) is 19.1. The summed E-state index contributed by atoms with van der Waals surface area (Å²) in [5, 5.41) is 4.05. The number of benzene rings is 1. The molecular formula is C20H20F3N3O4. The second-order valence-electron chi connectivity index (χ2n) is 7.44. The van der Waals surface area contributed by atoms with Crippen LogP contribution in [-0.2, 0) is 28.9 Å². The van der Waals surface area contributed by atoms with Crippen LogP contribution in [0.4, 0.5) is 23.8 Å². The Morgan fingerprint density at radius 2 is 2.17 bits per heavy atom. The number of rotatable bonds is 4. The molecule has 0 N–H and O–H groups in total. The van der Waals surface area contributed by atoms with Crippen molar-refractivity contribution in [2.75, 3.05) is 18.1 Å². The van der Waals surface area contributed by atoms with Gasteiger partial charge in [-0.1, -0.05) is 11.2 Å². The quantitative estimate of drug-likeness (QED) is 0.751. The number of ether oxygens (including phenoxy) is 1. The second kappa shape index (κ2) is 8.00. The van der Waals surface area contributed by atoms with Crippen LogP contribution in [0.1, 0.15) is 42.2 Å². The van der Waals surface area contributed by atoms with Crippen LogP contribution in [0.5, 0.6) is 0 Å². The summed E-state index contributed by atoms with van der Waals surface area (Å²) in [5.74, 6) is -1.03. The van der Waals surface area contributed by atoms with Crippen molar-refractivity contribution in [1.29, 1.82) is 0 Å². The van der Waals surface area contributed by atoms with E-state index in [1.165, 1.54) is 11.0 Å². The highest BCUT2D eigenvalue weighted by Crippen LogP contribution is 2.33. The van der Waals surface area contributed by atoms with Crippen molar-refractivity contribution in [1.82, 2.24) is 10.1 Å². The van der Waals surface area contributed by atoms with Crippen molar-refractivity contribution in [3.63, 3.8) is 0 Å². The second-order valence-corrected chi connectivity index (χ2v) is 7.44. The van der Waals surface area contributed by atoms with Crippen molar-refractivity contribution >= 4 is 17.9 Å². The minimum atomic E-state index is -2.96. The molecule has 1 fully saturated rings. The first-order valence-electron chi connectivity index (χ1n) is 9.62. The lowest BCUT2D eigenvalue weighted by Crippen LogP contribution is -2.44. The van der Waals surface area contributed by atoms with Crippen LogP contribution in [0.3, 0.4) is 0 Å². The van der Waals surface area contributed by atoms with Gasteiger partial charge in [-0.3, -0.25) is 4.79 Å². The fourth-order valence-corrected chi connectivity index (χ4v) is 3.80. The molecule has 2 aliphatic heterocycles. The molecule has 1 atom stereocenters. The fraction of sp³-hybridized carbons (Fsp3) is 0.450. The molecule has 1 saturated heterocycles. The van der Waals surface area contributed by atoms with Crippen LogP contribution in [0.25, 0.3) is 0 Å². The van der Waals surface area contributed by atoms with Gasteiger partial charge in [0.2, 0.25) is 11.8 Å². The summed E-state index contributed by atoms with van der Waals surface area (Å²) < 4.78 is 49.9. The highest BCUT2D eigenvalue weighted by atomic mass is 19.3. The number of amides is 2. The summed E-state index contributed by atoms with van der Waals surface area (Å²) in [7, 11) is 0. The number of fused-ring (bicyclic) bond motifs is 1. The van der Waals surface area contributed by atoms with Crippen molar-refractivity contribution in [3.8, 4) is 0 Å². The maximum absolute atomic E-state index is 13.5. The third kappa shape index (κ3) is 3.73. The third-order valence-corrected chi connectivity index (χ3v) is 5.39. The van der Waals surface area contributed by atoms with Gasteiger partial charge in [-0.15, -0.1) is 0 Å². The molecule has 10 heteroatoms. The number of aromatic nitrogens is 1. The van der Waals surface area contributed by atoms with Gasteiger partial charge in [-0.25, -0.2) is 22.9 Å². The zero-order chi connectivity index (χ0) is 21.4. The van der Waals surface area contributed by atoms with Crippen LogP contribution >= 0.6 is 0 Å². The number of hydrogen-bond acceptors (Lipinski definition) is 5. The average Bonchev–Trinajstić information content (AvgIpc) is 3.11. The lowest BCUT2D eigenvalue weighted by molar-refractivity contribution is -0.133. The van der Waals surface area contributed by atoms with Gasteiger partial charge in [0, 0.05) is 19.0 Å². The van der Waals surface area contributed by atoms with E-state index in [1.807, 2.05) is 6.92 Å². The van der Waals surface area contributed by atoms with E-state index in [9.17, 15) is 22.8 Å². The Labute approximate surface area is 170 Å². The zero-order valence-corrected chi connectivity index (χ0v) is 16.2. The predicted octanol–water partition coefficient (Wildman–Crippen LogP) is 3.61. The van der Waals surface area contributed by atoms with Gasteiger partial charge in [-0.05, 0) is 31.0 Å². The molecule has 0 aliphatic carbocycles. The van der Waals surface area contributed by atoms with Gasteiger partial charge >= 0.3 is 6.09 Å². The Kier molecular flexibility index (Phi) is 5.40. The number of nitrogens with zero attached hydrogens (tertiary/aromatic N) is 3. The summed E-state index contributed by atoms with van der Waals surface area (Å²) in [6.45, 7) is 2.78. The smallest absolute Gasteiger partial charge is 0.416 e. The predicted molar refractivity (Wildman–Crippen MR) is 98.6 cm³/mol. The fourth-order valence-electron chi connectivity index (χ4n) is 3.80. The van der Waals surface area contributed by atoms with Gasteiger partial charge in [0.15, 0.2) is 0 Å². The highest BCUT2D eigenvalue weighted by molar-refractivity contribution is 5.87. The first-order valence-corrected chi connectivity index (χ1v) is 9.62. The molecule has 7 nitrogen and oxygen atoms in total. The summed E-state index contributed by atoms with van der Waals surface area (Å²) in [5.41, 5.74) is 0.883. The van der Waals surface area contributed by atoms with E-state index in [2.05, 4.69) is 5.16 Å². The van der Waals surface area contributed by atoms with E-state index in [0.717, 1.165) is 12.1 Å². The third-order valence-electron chi connectivity index (χ3n) is 5.39. The lowest BCUT2D eigenvalue weighted by atomic mass is 9.99. The van der Waals surface area contributed by atoms with Crippen molar-refractivity contribution < 1.29 is 32.0 Å². The van der Waals surface area contributed by atoms with Gasteiger partial charge < -0.3 is 14.2 Å². The van der Waals surface area contributed by atoms with Gasteiger partial charge in [0.25, 0.3) is 6.43 Å². The number of anilines is 1. The average molecular weight is 423 g/mol. The van der Waals surface area contributed by atoms with Gasteiger partial charge in [0.1, 0.15) is 5.82 Å². The zero-order valence-electron chi connectivity index (χ0n) is 16.2. The highest BCUT2D eigenvalue weighted by Gasteiger charge is 2.36. The van der Waals surface area contributed by atoms with E-state index in [1.54, 1.807) is 4.90 Å². The number of carbonyl (C=O) groups excluding carboxylic acids is 2. The Bertz CT molecular complexity index is 978. The van der Waals surface area contributed by atoms with E-state index in [-0.39, 0.29) is 30.8 Å². The summed E-state index contributed by atoms with van der Waals surface area (Å²) in [4.78, 5) is 27.9. The molecular weight excluding hydrogens is 403 g/mol. The van der Waals surface area contributed by atoms with Gasteiger partial charge in [0.05, 0.1) is 36.4 Å². The van der Waals surface area contributed by atoms with Crippen molar-refractivity contribution in [2.45, 2.75) is 45.2 Å². The van der Waals surface area contributed by atoms with E-state index >= 15 is 0 Å². The number of carbonyl (C=O) groups is 2. The summed E-state index contributed by atoms with van der Waals surface area (Å²) in [6, 6.07) is 3.09. The molecule has 0 saturated carbocycles. The molecule has 30 heavy (non-hydrogen) atoms. The van der Waals surface area contributed by atoms with Crippen LogP contribution in [0, 0.1) is 5.82 Å². The number of hydrogen-bond donors (Lipinski definition) is 0. The molecule has 2 aromatic rings. The maximum atomic E-state index is 13.5. The molecule has 1 aromatic heterocycles. The largest absolute Gasteiger partial charge is 0.449 e. The molecule has 2 amide bonds. The molecule has 0 spiro atoms. The minimum Gasteiger partial charge on any atom is -0.449 e. The van der Waals surface area contributed by atoms with Crippen LogP contribution in [-0.4, -0.2) is 41.3 Å². The monoisotopic (exact) mass is 423 g/mol.